The second-order valence-corrected chi connectivity index (χ2v) is 6.54. The lowest BCUT2D eigenvalue weighted by Crippen LogP contribution is -2.34. The molecule has 1 aromatic carbocycles. The van der Waals surface area contributed by atoms with Gasteiger partial charge in [-0.25, -0.2) is 9.37 Å². The molecule has 2 N–H and O–H groups in total. The molecule has 2 heterocycles. The van der Waals surface area contributed by atoms with Crippen molar-refractivity contribution in [2.45, 2.75) is 19.4 Å². The lowest BCUT2D eigenvalue weighted by molar-refractivity contribution is 0.203. The molecular formula is C18H21ClFN3O. The molecule has 0 aliphatic carbocycles. The van der Waals surface area contributed by atoms with Gasteiger partial charge in [-0.05, 0) is 49.1 Å². The normalized spacial score (nSPS) is 15.5. The van der Waals surface area contributed by atoms with Gasteiger partial charge in [0.15, 0.2) is 0 Å². The van der Waals surface area contributed by atoms with Gasteiger partial charge in [0.2, 0.25) is 0 Å². The topological polar surface area (TPSA) is 48.4 Å². The SMILES string of the molecule is OCC1CCN(c2ccc(NCc3cc(Cl)ccc3F)nc2)CC1. The van der Waals surface area contributed by atoms with Crippen LogP contribution in [-0.4, -0.2) is 29.8 Å². The minimum Gasteiger partial charge on any atom is -0.396 e. The summed E-state index contributed by atoms with van der Waals surface area (Å²) in [6.45, 7) is 2.48. The minimum atomic E-state index is -0.282. The number of hydrogen-bond donors (Lipinski definition) is 2. The van der Waals surface area contributed by atoms with Crippen LogP contribution >= 0.6 is 11.6 Å². The standard InChI is InChI=1S/C18H21ClFN3O/c19-15-1-3-17(20)14(9-15)10-21-18-4-2-16(11-22-18)23-7-5-13(12-24)6-8-23/h1-4,9,11,13,24H,5-8,10,12H2,(H,21,22). The molecule has 128 valence electrons. The molecule has 2 aromatic rings. The molecule has 0 atom stereocenters. The number of pyridine rings is 1. The van der Waals surface area contributed by atoms with Crippen molar-refractivity contribution >= 4 is 23.1 Å². The van der Waals surface area contributed by atoms with Crippen LogP contribution in [0.15, 0.2) is 36.5 Å². The second kappa shape index (κ2) is 7.81. The van der Waals surface area contributed by atoms with E-state index < -0.39 is 0 Å². The van der Waals surface area contributed by atoms with Crippen LogP contribution in [0.2, 0.25) is 5.02 Å². The van der Waals surface area contributed by atoms with Crippen molar-refractivity contribution in [3.63, 3.8) is 0 Å². The number of hydrogen-bond acceptors (Lipinski definition) is 4. The monoisotopic (exact) mass is 349 g/mol. The summed E-state index contributed by atoms with van der Waals surface area (Å²) in [6, 6.07) is 8.43. The highest BCUT2D eigenvalue weighted by Crippen LogP contribution is 2.23. The third kappa shape index (κ3) is 4.16. The molecule has 1 aliphatic heterocycles. The van der Waals surface area contributed by atoms with E-state index in [4.69, 9.17) is 11.6 Å². The third-order valence-electron chi connectivity index (χ3n) is 4.45. The fraction of sp³-hybridized carbons (Fsp3) is 0.389. The molecular weight excluding hydrogens is 329 g/mol. The largest absolute Gasteiger partial charge is 0.396 e. The van der Waals surface area contributed by atoms with E-state index in [1.165, 1.54) is 12.1 Å². The summed E-state index contributed by atoms with van der Waals surface area (Å²) in [5.74, 6) is 0.835. The Kier molecular flexibility index (Phi) is 5.53. The Labute approximate surface area is 146 Å². The average Bonchev–Trinajstić information content (AvgIpc) is 2.63. The molecule has 0 radical (unpaired) electrons. The number of nitrogens with zero attached hydrogens (tertiary/aromatic N) is 2. The zero-order valence-corrected chi connectivity index (χ0v) is 14.1. The van der Waals surface area contributed by atoms with E-state index in [2.05, 4.69) is 15.2 Å². The van der Waals surface area contributed by atoms with Gasteiger partial charge in [-0.3, -0.25) is 0 Å². The number of piperidine rings is 1. The van der Waals surface area contributed by atoms with E-state index in [1.807, 2.05) is 18.3 Å². The predicted molar refractivity (Wildman–Crippen MR) is 95.0 cm³/mol. The van der Waals surface area contributed by atoms with Gasteiger partial charge in [0.05, 0.1) is 11.9 Å². The fourth-order valence-corrected chi connectivity index (χ4v) is 3.11. The van der Waals surface area contributed by atoms with Gasteiger partial charge >= 0.3 is 0 Å². The van der Waals surface area contributed by atoms with Gasteiger partial charge in [0, 0.05) is 36.8 Å². The molecule has 1 fully saturated rings. The van der Waals surface area contributed by atoms with E-state index in [-0.39, 0.29) is 12.4 Å². The van der Waals surface area contributed by atoms with Gasteiger partial charge in [-0.1, -0.05) is 11.6 Å². The molecule has 4 nitrogen and oxygen atoms in total. The van der Waals surface area contributed by atoms with E-state index in [9.17, 15) is 9.50 Å². The van der Waals surface area contributed by atoms with Crippen LogP contribution < -0.4 is 10.2 Å². The number of halogens is 2. The van der Waals surface area contributed by atoms with E-state index in [0.29, 0.717) is 28.9 Å². The van der Waals surface area contributed by atoms with E-state index in [0.717, 1.165) is 31.6 Å². The number of aliphatic hydroxyl groups is 1. The van der Waals surface area contributed by atoms with Crippen LogP contribution in [0.4, 0.5) is 15.9 Å². The lowest BCUT2D eigenvalue weighted by atomic mass is 9.98. The van der Waals surface area contributed by atoms with Gasteiger partial charge in [0.25, 0.3) is 0 Å². The number of nitrogens with one attached hydrogen (secondary N) is 1. The predicted octanol–water partition coefficient (Wildman–Crippen LogP) is 3.69. The zero-order chi connectivity index (χ0) is 16.9. The Balaban J connectivity index is 1.58. The Hall–Kier alpha value is -1.85. The first-order valence-corrected chi connectivity index (χ1v) is 8.53. The Bertz CT molecular complexity index is 672. The number of aliphatic hydroxyl groups excluding tert-OH is 1. The van der Waals surface area contributed by atoms with Crippen molar-refractivity contribution in [1.29, 1.82) is 0 Å². The highest BCUT2D eigenvalue weighted by atomic mass is 35.5. The summed E-state index contributed by atoms with van der Waals surface area (Å²) >= 11 is 5.89. The molecule has 0 saturated carbocycles. The van der Waals surface area contributed by atoms with Crippen molar-refractivity contribution in [1.82, 2.24) is 4.98 Å². The van der Waals surface area contributed by atoms with Crippen LogP contribution in [0.5, 0.6) is 0 Å². The van der Waals surface area contributed by atoms with Crippen molar-refractivity contribution < 1.29 is 9.50 Å². The molecule has 1 saturated heterocycles. The number of benzene rings is 1. The van der Waals surface area contributed by atoms with Crippen LogP contribution in [-0.2, 0) is 6.54 Å². The number of rotatable bonds is 5. The first-order chi connectivity index (χ1) is 11.7. The molecule has 3 rings (SSSR count). The lowest BCUT2D eigenvalue weighted by Gasteiger charge is -2.32. The maximum Gasteiger partial charge on any atom is 0.128 e. The fourth-order valence-electron chi connectivity index (χ4n) is 2.92. The quantitative estimate of drug-likeness (QED) is 0.864. The third-order valence-corrected chi connectivity index (χ3v) is 4.69. The molecule has 24 heavy (non-hydrogen) atoms. The van der Waals surface area contributed by atoms with Gasteiger partial charge in [-0.15, -0.1) is 0 Å². The van der Waals surface area contributed by atoms with Gasteiger partial charge in [-0.2, -0.15) is 0 Å². The van der Waals surface area contributed by atoms with Crippen molar-refractivity contribution in [2.24, 2.45) is 5.92 Å². The average molecular weight is 350 g/mol. The molecule has 0 bridgehead atoms. The highest BCUT2D eigenvalue weighted by Gasteiger charge is 2.18. The van der Waals surface area contributed by atoms with Gasteiger partial charge < -0.3 is 15.3 Å². The Morgan fingerprint density at radius 3 is 2.71 bits per heavy atom. The Morgan fingerprint density at radius 1 is 1.25 bits per heavy atom. The van der Waals surface area contributed by atoms with Crippen LogP contribution in [0, 0.1) is 11.7 Å². The van der Waals surface area contributed by atoms with Crippen molar-refractivity contribution in [3.8, 4) is 0 Å². The second-order valence-electron chi connectivity index (χ2n) is 6.10. The number of anilines is 2. The maximum atomic E-state index is 13.7. The van der Waals surface area contributed by atoms with Crippen LogP contribution in [0.1, 0.15) is 18.4 Å². The number of aromatic nitrogens is 1. The first kappa shape index (κ1) is 17.0. The summed E-state index contributed by atoms with van der Waals surface area (Å²) in [4.78, 5) is 6.68. The molecule has 6 heteroatoms. The molecule has 0 spiro atoms. The summed E-state index contributed by atoms with van der Waals surface area (Å²) in [5, 5.41) is 12.8. The summed E-state index contributed by atoms with van der Waals surface area (Å²) < 4.78 is 13.7. The first-order valence-electron chi connectivity index (χ1n) is 8.15. The summed E-state index contributed by atoms with van der Waals surface area (Å²) in [5.41, 5.74) is 1.59. The van der Waals surface area contributed by atoms with E-state index >= 15 is 0 Å². The van der Waals surface area contributed by atoms with Crippen LogP contribution in [0.3, 0.4) is 0 Å². The maximum absolute atomic E-state index is 13.7. The minimum absolute atomic E-state index is 0.273. The summed E-state index contributed by atoms with van der Waals surface area (Å²) in [7, 11) is 0. The molecule has 0 unspecified atom stereocenters. The summed E-state index contributed by atoms with van der Waals surface area (Å²) in [6.07, 6.45) is 3.84. The van der Waals surface area contributed by atoms with Gasteiger partial charge in [0.1, 0.15) is 11.6 Å². The Morgan fingerprint density at radius 2 is 2.04 bits per heavy atom. The highest BCUT2D eigenvalue weighted by molar-refractivity contribution is 6.30. The molecule has 1 aromatic heterocycles. The molecule has 0 amide bonds. The zero-order valence-electron chi connectivity index (χ0n) is 13.4. The van der Waals surface area contributed by atoms with Crippen LogP contribution in [0.25, 0.3) is 0 Å². The van der Waals surface area contributed by atoms with E-state index in [1.54, 1.807) is 6.07 Å². The molecule has 1 aliphatic rings. The smallest absolute Gasteiger partial charge is 0.128 e. The van der Waals surface area contributed by atoms with Crippen molar-refractivity contribution in [2.75, 3.05) is 29.9 Å². The van der Waals surface area contributed by atoms with Crippen molar-refractivity contribution in [3.05, 3.63) is 52.9 Å².